The Bertz CT molecular complexity index is 728. The fraction of sp³-hybridized carbons (Fsp3) is 0.133. The van der Waals surface area contributed by atoms with Crippen LogP contribution in [-0.4, -0.2) is 16.6 Å². The number of aliphatic hydroxyl groups is 1. The maximum atomic E-state index is 13.5. The topological polar surface area (TPSA) is 45.1 Å². The molecular formula is C15H13FN2OS. The van der Waals surface area contributed by atoms with Crippen molar-refractivity contribution >= 4 is 27.2 Å². The summed E-state index contributed by atoms with van der Waals surface area (Å²) in [6.45, 7) is 0.255. The molecule has 1 aromatic heterocycles. The summed E-state index contributed by atoms with van der Waals surface area (Å²) in [4.78, 5) is 4.21. The molecule has 20 heavy (non-hydrogen) atoms. The molecule has 0 aliphatic carbocycles. The number of thiazole rings is 1. The maximum absolute atomic E-state index is 13.5. The molecule has 0 aliphatic heterocycles. The number of anilines is 1. The van der Waals surface area contributed by atoms with Crippen LogP contribution in [-0.2, 0) is 0 Å². The number of halogens is 1. The van der Waals surface area contributed by atoms with Gasteiger partial charge in [0.15, 0.2) is 0 Å². The summed E-state index contributed by atoms with van der Waals surface area (Å²) in [7, 11) is 0. The quantitative estimate of drug-likeness (QED) is 0.771. The molecular weight excluding hydrogens is 275 g/mol. The summed E-state index contributed by atoms with van der Waals surface area (Å²) in [6, 6.07) is 12.1. The zero-order chi connectivity index (χ0) is 13.9. The summed E-state index contributed by atoms with van der Waals surface area (Å²) in [5, 5.41) is 13.1. The van der Waals surface area contributed by atoms with E-state index in [0.29, 0.717) is 5.56 Å². The largest absolute Gasteiger partial charge is 0.386 e. The van der Waals surface area contributed by atoms with Crippen LogP contribution in [0.15, 0.2) is 48.0 Å². The van der Waals surface area contributed by atoms with Crippen LogP contribution in [0.25, 0.3) is 10.2 Å². The Labute approximate surface area is 119 Å². The maximum Gasteiger partial charge on any atom is 0.129 e. The molecule has 0 bridgehead atoms. The average Bonchev–Trinajstić information content (AvgIpc) is 2.92. The molecule has 1 heterocycles. The van der Waals surface area contributed by atoms with Gasteiger partial charge in [0.05, 0.1) is 21.8 Å². The van der Waals surface area contributed by atoms with Crippen molar-refractivity contribution in [1.82, 2.24) is 4.98 Å². The second-order valence-electron chi connectivity index (χ2n) is 4.45. The highest BCUT2D eigenvalue weighted by molar-refractivity contribution is 7.16. The van der Waals surface area contributed by atoms with Crippen molar-refractivity contribution in [2.75, 3.05) is 11.9 Å². The van der Waals surface area contributed by atoms with Gasteiger partial charge in [-0.2, -0.15) is 0 Å². The van der Waals surface area contributed by atoms with Crippen molar-refractivity contribution in [1.29, 1.82) is 0 Å². The number of hydrogen-bond donors (Lipinski definition) is 2. The Kier molecular flexibility index (Phi) is 3.62. The monoisotopic (exact) mass is 288 g/mol. The van der Waals surface area contributed by atoms with Crippen molar-refractivity contribution in [2.24, 2.45) is 0 Å². The van der Waals surface area contributed by atoms with Crippen LogP contribution in [0, 0.1) is 5.82 Å². The first-order chi connectivity index (χ1) is 9.74. The molecule has 3 nitrogen and oxygen atoms in total. The highest BCUT2D eigenvalue weighted by Gasteiger charge is 2.11. The van der Waals surface area contributed by atoms with Crippen molar-refractivity contribution < 1.29 is 9.50 Å². The number of fused-ring (bicyclic) bond motifs is 1. The van der Waals surface area contributed by atoms with Crippen molar-refractivity contribution in [3.63, 3.8) is 0 Å². The number of aromatic nitrogens is 1. The molecule has 0 spiro atoms. The molecule has 102 valence electrons. The van der Waals surface area contributed by atoms with Gasteiger partial charge in [-0.3, -0.25) is 0 Å². The highest BCUT2D eigenvalue weighted by atomic mass is 32.1. The minimum atomic E-state index is -0.881. The number of nitrogens with zero attached hydrogens (tertiary/aromatic N) is 1. The van der Waals surface area contributed by atoms with Gasteiger partial charge < -0.3 is 10.4 Å². The Morgan fingerprint density at radius 3 is 2.95 bits per heavy atom. The molecule has 3 aromatic rings. The third-order valence-corrected chi connectivity index (χ3v) is 3.89. The van der Waals surface area contributed by atoms with E-state index in [1.807, 2.05) is 18.2 Å². The van der Waals surface area contributed by atoms with Gasteiger partial charge in [0.1, 0.15) is 5.82 Å². The van der Waals surface area contributed by atoms with Gasteiger partial charge in [0, 0.05) is 17.8 Å². The lowest BCUT2D eigenvalue weighted by molar-refractivity contribution is 0.186. The summed E-state index contributed by atoms with van der Waals surface area (Å²) in [6.07, 6.45) is -0.881. The number of benzene rings is 2. The molecule has 2 aromatic carbocycles. The van der Waals surface area contributed by atoms with Gasteiger partial charge in [-0.1, -0.05) is 18.2 Å². The van der Waals surface area contributed by atoms with Crippen molar-refractivity contribution in [3.05, 3.63) is 59.4 Å². The van der Waals surface area contributed by atoms with E-state index in [2.05, 4.69) is 10.3 Å². The molecule has 2 N–H and O–H groups in total. The SMILES string of the molecule is OC(CNc1ccc2ncsc2c1)c1ccccc1F. The summed E-state index contributed by atoms with van der Waals surface area (Å²) in [5.74, 6) is -0.389. The van der Waals surface area contributed by atoms with Crippen LogP contribution < -0.4 is 5.32 Å². The first-order valence-electron chi connectivity index (χ1n) is 6.23. The zero-order valence-corrected chi connectivity index (χ0v) is 11.4. The molecule has 1 atom stereocenters. The Morgan fingerprint density at radius 1 is 1.25 bits per heavy atom. The number of nitrogens with one attached hydrogen (secondary N) is 1. The fourth-order valence-corrected chi connectivity index (χ4v) is 2.75. The average molecular weight is 288 g/mol. The molecule has 3 rings (SSSR count). The lowest BCUT2D eigenvalue weighted by Gasteiger charge is -2.13. The van der Waals surface area contributed by atoms with E-state index in [9.17, 15) is 9.50 Å². The van der Waals surface area contributed by atoms with Crippen LogP contribution >= 0.6 is 11.3 Å². The van der Waals surface area contributed by atoms with Crippen molar-refractivity contribution in [2.45, 2.75) is 6.10 Å². The van der Waals surface area contributed by atoms with Gasteiger partial charge in [-0.25, -0.2) is 9.37 Å². The van der Waals surface area contributed by atoms with Crippen LogP contribution in [0.5, 0.6) is 0 Å². The summed E-state index contributed by atoms with van der Waals surface area (Å²) in [5.41, 5.74) is 3.94. The van der Waals surface area contributed by atoms with Gasteiger partial charge in [0.2, 0.25) is 0 Å². The number of hydrogen-bond acceptors (Lipinski definition) is 4. The lowest BCUT2D eigenvalue weighted by atomic mass is 10.1. The van der Waals surface area contributed by atoms with E-state index in [-0.39, 0.29) is 12.4 Å². The Morgan fingerprint density at radius 2 is 2.10 bits per heavy atom. The van der Waals surface area contributed by atoms with E-state index in [4.69, 9.17) is 0 Å². The molecule has 0 saturated carbocycles. The zero-order valence-electron chi connectivity index (χ0n) is 10.6. The molecule has 1 unspecified atom stereocenters. The minimum absolute atomic E-state index is 0.255. The molecule has 5 heteroatoms. The van der Waals surface area contributed by atoms with Crippen LogP contribution in [0.2, 0.25) is 0 Å². The van der Waals surface area contributed by atoms with Crippen LogP contribution in [0.1, 0.15) is 11.7 Å². The van der Waals surface area contributed by atoms with Crippen molar-refractivity contribution in [3.8, 4) is 0 Å². The van der Waals surface area contributed by atoms with E-state index in [1.165, 1.54) is 6.07 Å². The second kappa shape index (κ2) is 5.56. The van der Waals surface area contributed by atoms with Gasteiger partial charge in [-0.15, -0.1) is 11.3 Å². The van der Waals surface area contributed by atoms with E-state index >= 15 is 0 Å². The lowest BCUT2D eigenvalue weighted by Crippen LogP contribution is -2.13. The third-order valence-electron chi connectivity index (χ3n) is 3.10. The summed E-state index contributed by atoms with van der Waals surface area (Å²) < 4.78 is 14.6. The standard InChI is InChI=1S/C15H13FN2OS/c16-12-4-2-1-3-11(12)14(19)8-17-10-5-6-13-15(7-10)20-9-18-13/h1-7,9,14,17,19H,8H2. The van der Waals surface area contributed by atoms with Gasteiger partial charge >= 0.3 is 0 Å². The highest BCUT2D eigenvalue weighted by Crippen LogP contribution is 2.23. The molecule has 0 aliphatic rings. The van der Waals surface area contributed by atoms with E-state index in [1.54, 1.807) is 35.0 Å². The third kappa shape index (κ3) is 2.64. The smallest absolute Gasteiger partial charge is 0.129 e. The number of aliphatic hydroxyl groups excluding tert-OH is 1. The molecule has 0 amide bonds. The van der Waals surface area contributed by atoms with Crippen LogP contribution in [0.4, 0.5) is 10.1 Å². The van der Waals surface area contributed by atoms with E-state index < -0.39 is 6.10 Å². The Hall–Kier alpha value is -1.98. The second-order valence-corrected chi connectivity index (χ2v) is 5.34. The minimum Gasteiger partial charge on any atom is -0.386 e. The van der Waals surface area contributed by atoms with Gasteiger partial charge in [-0.05, 0) is 24.3 Å². The van der Waals surface area contributed by atoms with Gasteiger partial charge in [0.25, 0.3) is 0 Å². The first kappa shape index (κ1) is 13.0. The fourth-order valence-electron chi connectivity index (χ4n) is 2.03. The molecule has 0 fully saturated rings. The predicted octanol–water partition coefficient (Wildman–Crippen LogP) is 3.58. The normalized spacial score (nSPS) is 12.5. The first-order valence-corrected chi connectivity index (χ1v) is 7.11. The molecule has 0 saturated heterocycles. The van der Waals surface area contributed by atoms with Crippen LogP contribution in [0.3, 0.4) is 0 Å². The summed E-state index contributed by atoms with van der Waals surface area (Å²) >= 11 is 1.56. The predicted molar refractivity (Wildman–Crippen MR) is 79.5 cm³/mol. The molecule has 0 radical (unpaired) electrons. The Balaban J connectivity index is 1.71. The van der Waals surface area contributed by atoms with E-state index in [0.717, 1.165) is 15.9 Å². The number of rotatable bonds is 4.